The Balaban J connectivity index is 1.24. The number of hydrogen-bond donors (Lipinski definition) is 2. The third-order valence-electron chi connectivity index (χ3n) is 8.03. The highest BCUT2D eigenvalue weighted by atomic mass is 16.2. The van der Waals surface area contributed by atoms with Crippen LogP contribution in [0.25, 0.3) is 0 Å². The smallest absolute Gasteiger partial charge is 0.251 e. The van der Waals surface area contributed by atoms with E-state index in [2.05, 4.69) is 38.3 Å². The van der Waals surface area contributed by atoms with Crippen LogP contribution < -0.4 is 10.6 Å². The molecule has 0 unspecified atom stereocenters. The van der Waals surface area contributed by atoms with Gasteiger partial charge >= 0.3 is 0 Å². The maximum atomic E-state index is 12.6. The first-order valence-electron chi connectivity index (χ1n) is 11.8. The second kappa shape index (κ2) is 8.01. The molecule has 4 bridgehead atoms. The number of amides is 2. The molecule has 1 aromatic carbocycles. The Hall–Kier alpha value is -1.84. The summed E-state index contributed by atoms with van der Waals surface area (Å²) >= 11 is 0. The summed E-state index contributed by atoms with van der Waals surface area (Å²) in [6.45, 7) is 9.06. The molecule has 1 aromatic rings. The fourth-order valence-electron chi connectivity index (χ4n) is 6.69. The van der Waals surface area contributed by atoms with Gasteiger partial charge in [0.2, 0.25) is 5.91 Å². The second-order valence-electron chi connectivity index (χ2n) is 11.4. The highest BCUT2D eigenvalue weighted by Gasteiger charge is 2.53. The lowest BCUT2D eigenvalue weighted by Crippen LogP contribution is -2.56. The first-order chi connectivity index (χ1) is 14.1. The van der Waals surface area contributed by atoms with E-state index in [9.17, 15) is 9.59 Å². The van der Waals surface area contributed by atoms with Crippen LogP contribution in [0.2, 0.25) is 0 Å². The van der Waals surface area contributed by atoms with Crippen molar-refractivity contribution in [2.45, 2.75) is 84.1 Å². The molecule has 0 heterocycles. The zero-order chi connectivity index (χ0) is 21.5. The Morgan fingerprint density at radius 1 is 1.00 bits per heavy atom. The molecule has 4 saturated carbocycles. The summed E-state index contributed by atoms with van der Waals surface area (Å²) in [5.74, 6) is 2.61. The van der Waals surface area contributed by atoms with Gasteiger partial charge in [-0.15, -0.1) is 0 Å². The lowest BCUT2D eigenvalue weighted by Gasteiger charge is -2.59. The van der Waals surface area contributed by atoms with Crippen molar-refractivity contribution in [1.29, 1.82) is 0 Å². The van der Waals surface area contributed by atoms with Crippen LogP contribution in [0.15, 0.2) is 24.3 Å². The molecule has 0 spiro atoms. The largest absolute Gasteiger partial charge is 0.353 e. The fraction of sp³-hybridized carbons (Fsp3) is 0.692. The SMILES string of the molecule is C[C@@H](NC(=O)CCNC(=O)c1ccc(C(C)(C)C)cc1)C12CC3CC(CC(C3)C1)C2. The van der Waals surface area contributed by atoms with E-state index in [1.807, 2.05) is 24.3 Å². The van der Waals surface area contributed by atoms with Crippen LogP contribution in [0.4, 0.5) is 0 Å². The lowest BCUT2D eigenvalue weighted by atomic mass is 9.48. The van der Waals surface area contributed by atoms with Crippen LogP contribution in [-0.2, 0) is 10.2 Å². The van der Waals surface area contributed by atoms with Crippen molar-refractivity contribution in [3.63, 3.8) is 0 Å². The van der Waals surface area contributed by atoms with E-state index in [1.165, 1.54) is 44.1 Å². The maximum Gasteiger partial charge on any atom is 0.251 e. The van der Waals surface area contributed by atoms with Crippen LogP contribution >= 0.6 is 0 Å². The van der Waals surface area contributed by atoms with Crippen molar-refractivity contribution in [2.24, 2.45) is 23.2 Å². The van der Waals surface area contributed by atoms with Gasteiger partial charge in [-0.25, -0.2) is 0 Å². The summed E-state index contributed by atoms with van der Waals surface area (Å²) in [4.78, 5) is 25.0. The number of carbonyl (C=O) groups excluding carboxylic acids is 2. The molecule has 0 aliphatic heterocycles. The Kier molecular flexibility index (Phi) is 5.71. The van der Waals surface area contributed by atoms with Gasteiger partial charge in [0, 0.05) is 24.6 Å². The van der Waals surface area contributed by atoms with Crippen molar-refractivity contribution < 1.29 is 9.59 Å². The van der Waals surface area contributed by atoms with E-state index in [0.29, 0.717) is 23.9 Å². The van der Waals surface area contributed by atoms with E-state index >= 15 is 0 Å². The van der Waals surface area contributed by atoms with Gasteiger partial charge in [-0.2, -0.15) is 0 Å². The number of carbonyl (C=O) groups is 2. The highest BCUT2D eigenvalue weighted by Crippen LogP contribution is 2.61. The first-order valence-corrected chi connectivity index (χ1v) is 11.8. The topological polar surface area (TPSA) is 58.2 Å². The molecule has 2 amide bonds. The second-order valence-corrected chi connectivity index (χ2v) is 11.4. The number of nitrogens with one attached hydrogen (secondary N) is 2. The van der Waals surface area contributed by atoms with Gasteiger partial charge in [0.25, 0.3) is 5.91 Å². The van der Waals surface area contributed by atoms with Crippen molar-refractivity contribution in [3.8, 4) is 0 Å². The summed E-state index contributed by atoms with van der Waals surface area (Å²) in [6, 6.07) is 7.98. The van der Waals surface area contributed by atoms with Gasteiger partial charge in [0.05, 0.1) is 0 Å². The molecule has 5 rings (SSSR count). The average Bonchev–Trinajstić information content (AvgIpc) is 2.66. The summed E-state index contributed by atoms with van der Waals surface area (Å²) in [6.07, 6.45) is 8.47. The van der Waals surface area contributed by atoms with Crippen LogP contribution in [0.5, 0.6) is 0 Å². The predicted molar refractivity (Wildman–Crippen MR) is 120 cm³/mol. The van der Waals surface area contributed by atoms with Gasteiger partial charge < -0.3 is 10.6 Å². The molecule has 30 heavy (non-hydrogen) atoms. The molecule has 4 heteroatoms. The van der Waals surface area contributed by atoms with Gasteiger partial charge in [0.1, 0.15) is 0 Å². The monoisotopic (exact) mass is 410 g/mol. The van der Waals surface area contributed by atoms with E-state index in [1.54, 1.807) is 0 Å². The summed E-state index contributed by atoms with van der Waals surface area (Å²) in [5, 5.41) is 6.18. The van der Waals surface area contributed by atoms with E-state index < -0.39 is 0 Å². The van der Waals surface area contributed by atoms with E-state index in [-0.39, 0.29) is 23.3 Å². The van der Waals surface area contributed by atoms with Crippen LogP contribution in [0.1, 0.15) is 88.6 Å². The molecular weight excluding hydrogens is 372 g/mol. The lowest BCUT2D eigenvalue weighted by molar-refractivity contribution is -0.125. The standard InChI is InChI=1S/C26H38N2O2/c1-17(26-14-18-11-19(15-26)13-20(12-18)16-26)28-23(29)9-10-27-24(30)21-5-7-22(8-6-21)25(2,3)4/h5-8,17-20H,9-16H2,1-4H3,(H,27,30)(H,28,29)/t17-,18?,19?,20?,26?/m1/s1. The number of hydrogen-bond acceptors (Lipinski definition) is 2. The molecule has 4 nitrogen and oxygen atoms in total. The van der Waals surface area contributed by atoms with Crippen LogP contribution in [0.3, 0.4) is 0 Å². The minimum absolute atomic E-state index is 0.0571. The van der Waals surface area contributed by atoms with E-state index in [0.717, 1.165) is 17.8 Å². The van der Waals surface area contributed by atoms with Crippen molar-refractivity contribution in [3.05, 3.63) is 35.4 Å². The molecule has 0 saturated heterocycles. The molecule has 164 valence electrons. The molecule has 4 aliphatic rings. The quantitative estimate of drug-likeness (QED) is 0.706. The predicted octanol–water partition coefficient (Wildman–Crippen LogP) is 4.83. The molecule has 4 fully saturated rings. The van der Waals surface area contributed by atoms with Crippen molar-refractivity contribution in [2.75, 3.05) is 6.54 Å². The third-order valence-corrected chi connectivity index (χ3v) is 8.03. The normalized spacial score (nSPS) is 30.7. The van der Waals surface area contributed by atoms with Gasteiger partial charge in [-0.05, 0) is 91.7 Å². The molecule has 2 N–H and O–H groups in total. The Morgan fingerprint density at radius 2 is 1.53 bits per heavy atom. The van der Waals surface area contributed by atoms with Gasteiger partial charge in [-0.3, -0.25) is 9.59 Å². The Morgan fingerprint density at radius 3 is 2.03 bits per heavy atom. The molecule has 0 aromatic heterocycles. The molecule has 1 atom stereocenters. The zero-order valence-corrected chi connectivity index (χ0v) is 19.1. The average molecular weight is 411 g/mol. The van der Waals surface area contributed by atoms with Crippen molar-refractivity contribution >= 4 is 11.8 Å². The maximum absolute atomic E-state index is 12.6. The molecule has 4 aliphatic carbocycles. The Bertz CT molecular complexity index is 755. The van der Waals surface area contributed by atoms with Gasteiger partial charge in [0.15, 0.2) is 0 Å². The zero-order valence-electron chi connectivity index (χ0n) is 19.1. The summed E-state index contributed by atoms with van der Waals surface area (Å²) < 4.78 is 0. The Labute approximate surface area is 181 Å². The fourth-order valence-corrected chi connectivity index (χ4v) is 6.69. The summed E-state index contributed by atoms with van der Waals surface area (Å²) in [7, 11) is 0. The minimum Gasteiger partial charge on any atom is -0.353 e. The molecule has 0 radical (unpaired) electrons. The number of benzene rings is 1. The highest BCUT2D eigenvalue weighted by molar-refractivity contribution is 5.94. The molecular formula is C26H38N2O2. The van der Waals surface area contributed by atoms with Crippen molar-refractivity contribution in [1.82, 2.24) is 10.6 Å². The van der Waals surface area contributed by atoms with E-state index in [4.69, 9.17) is 0 Å². The minimum atomic E-state index is -0.114. The number of rotatable bonds is 6. The first kappa shape index (κ1) is 21.4. The third kappa shape index (κ3) is 4.43. The van der Waals surface area contributed by atoms with Gasteiger partial charge in [-0.1, -0.05) is 32.9 Å². The van der Waals surface area contributed by atoms with Crippen LogP contribution in [-0.4, -0.2) is 24.4 Å². The van der Waals surface area contributed by atoms with Crippen LogP contribution in [0, 0.1) is 23.2 Å². The summed E-state index contributed by atoms with van der Waals surface area (Å²) in [5.41, 5.74) is 2.24.